The lowest BCUT2D eigenvalue weighted by atomic mass is 10.3. The Kier molecular flexibility index (Phi) is 2.73. The van der Waals surface area contributed by atoms with Gasteiger partial charge in [-0.2, -0.15) is 0 Å². The van der Waals surface area contributed by atoms with Crippen LogP contribution in [0.15, 0.2) is 0 Å². The Morgan fingerprint density at radius 1 is 1.20 bits per heavy atom. The summed E-state index contributed by atoms with van der Waals surface area (Å²) in [6.07, 6.45) is 0. The average molecular weight is 143 g/mol. The smallest absolute Gasteiger partial charge is 0.395 e. The molecular weight excluding hydrogens is 134 g/mol. The number of Topliss-reactive ketones (excluding diaryl/α,β-unsaturated/α-hetero) is 1. The molecule has 0 fully saturated rings. The van der Waals surface area contributed by atoms with Crippen LogP contribution in [0.1, 0.15) is 20.8 Å². The summed E-state index contributed by atoms with van der Waals surface area (Å²) in [7, 11) is 0. The van der Waals surface area contributed by atoms with Crippen molar-refractivity contribution >= 4 is 17.4 Å². The van der Waals surface area contributed by atoms with Gasteiger partial charge in [0.15, 0.2) is 0 Å². The lowest BCUT2D eigenvalue weighted by Gasteiger charge is -1.98. The second-order valence-corrected chi connectivity index (χ2v) is 1.95. The molecule has 56 valence electrons. The van der Waals surface area contributed by atoms with Crippen LogP contribution in [0.2, 0.25) is 0 Å². The molecule has 0 unspecified atom stereocenters. The fourth-order valence-electron chi connectivity index (χ4n) is 0.379. The average Bonchev–Trinajstić information content (AvgIpc) is 1.84. The first-order valence-corrected chi connectivity index (χ1v) is 2.79. The highest BCUT2D eigenvalue weighted by Crippen LogP contribution is 1.81. The Morgan fingerprint density at radius 2 is 1.60 bits per heavy atom. The van der Waals surface area contributed by atoms with Crippen molar-refractivity contribution in [1.29, 1.82) is 0 Å². The summed E-state index contributed by atoms with van der Waals surface area (Å²) in [5, 5.41) is 10.6. The number of carbonyl (C=O) groups is 2. The Hall–Kier alpha value is -1.19. The first kappa shape index (κ1) is 8.81. The molecule has 10 heavy (non-hydrogen) atoms. The normalized spacial score (nSPS) is 12.3. The summed E-state index contributed by atoms with van der Waals surface area (Å²) >= 11 is 0. The van der Waals surface area contributed by atoms with Gasteiger partial charge in [0.25, 0.3) is 0 Å². The minimum atomic E-state index is -0.673. The third-order valence-corrected chi connectivity index (χ3v) is 1.10. The molecule has 0 saturated heterocycles. The molecule has 4 nitrogen and oxygen atoms in total. The number of hydrogen-bond donors (Lipinski definition) is 0. The first-order chi connectivity index (χ1) is 4.46. The molecule has 0 radical (unpaired) electrons. The Bertz CT molecular complexity index is 183. The third kappa shape index (κ3) is 1.97. The van der Waals surface area contributed by atoms with E-state index >= 15 is 0 Å². The number of hydroxylamine groups is 1. The predicted octanol–water partition coefficient (Wildman–Crippen LogP) is 0.0931. The summed E-state index contributed by atoms with van der Waals surface area (Å²) in [5.74, 6) is -1.06. The minimum absolute atomic E-state index is 0.0764. The molecule has 4 heteroatoms. The van der Waals surface area contributed by atoms with Gasteiger partial charge in [0.05, 0.1) is 6.92 Å². The minimum Gasteiger partial charge on any atom is -0.616 e. The highest BCUT2D eigenvalue weighted by molar-refractivity contribution is 6.36. The van der Waals surface area contributed by atoms with Crippen molar-refractivity contribution in [1.82, 2.24) is 0 Å². The standard InChI is InChI=1S/C6H9NO3/c1-4(5(2)8)7(10)6(3)9/h1-3H3/b7-4-. The Balaban J connectivity index is 4.67. The second-order valence-electron chi connectivity index (χ2n) is 1.95. The third-order valence-electron chi connectivity index (χ3n) is 1.10. The van der Waals surface area contributed by atoms with Gasteiger partial charge in [-0.3, -0.25) is 4.79 Å². The van der Waals surface area contributed by atoms with Crippen LogP contribution in [0, 0.1) is 5.21 Å². The van der Waals surface area contributed by atoms with Gasteiger partial charge < -0.3 is 5.21 Å². The van der Waals surface area contributed by atoms with Crippen LogP contribution in [0.4, 0.5) is 0 Å². The molecule has 0 atom stereocenters. The zero-order valence-corrected chi connectivity index (χ0v) is 6.17. The van der Waals surface area contributed by atoms with Gasteiger partial charge in [-0.15, -0.1) is 4.74 Å². The van der Waals surface area contributed by atoms with Gasteiger partial charge >= 0.3 is 5.91 Å². The Morgan fingerprint density at radius 3 is 1.70 bits per heavy atom. The molecule has 1 amide bonds. The lowest BCUT2D eigenvalue weighted by Crippen LogP contribution is -2.23. The van der Waals surface area contributed by atoms with Crippen LogP contribution in [0.25, 0.3) is 0 Å². The molecule has 0 spiro atoms. The maximum absolute atomic E-state index is 10.6. The molecule has 0 aromatic heterocycles. The van der Waals surface area contributed by atoms with E-state index in [1.807, 2.05) is 0 Å². The van der Waals surface area contributed by atoms with E-state index in [0.29, 0.717) is 0 Å². The number of carbonyl (C=O) groups excluding carboxylic acids is 2. The van der Waals surface area contributed by atoms with Gasteiger partial charge in [0.2, 0.25) is 11.5 Å². The summed E-state index contributed by atoms with van der Waals surface area (Å²) in [6.45, 7) is 3.67. The molecule has 0 rings (SSSR count). The summed E-state index contributed by atoms with van der Waals surface area (Å²) in [6, 6.07) is 0. The van der Waals surface area contributed by atoms with E-state index in [-0.39, 0.29) is 16.2 Å². The fourth-order valence-corrected chi connectivity index (χ4v) is 0.379. The van der Waals surface area contributed by atoms with Crippen molar-refractivity contribution in [2.24, 2.45) is 0 Å². The van der Waals surface area contributed by atoms with E-state index < -0.39 is 5.91 Å². The van der Waals surface area contributed by atoms with Gasteiger partial charge in [0, 0.05) is 13.8 Å². The number of hydrogen-bond acceptors (Lipinski definition) is 3. The second kappa shape index (κ2) is 3.10. The molecule has 0 aromatic rings. The van der Waals surface area contributed by atoms with Gasteiger partial charge in [-0.05, 0) is 0 Å². The van der Waals surface area contributed by atoms with Crippen molar-refractivity contribution in [2.45, 2.75) is 20.8 Å². The molecule has 0 heterocycles. The van der Waals surface area contributed by atoms with E-state index in [2.05, 4.69) is 0 Å². The van der Waals surface area contributed by atoms with E-state index in [1.165, 1.54) is 13.8 Å². The predicted molar refractivity (Wildman–Crippen MR) is 35.7 cm³/mol. The Labute approximate surface area is 58.7 Å². The quantitative estimate of drug-likeness (QED) is 0.226. The van der Waals surface area contributed by atoms with Gasteiger partial charge in [-0.1, -0.05) is 0 Å². The summed E-state index contributed by atoms with van der Waals surface area (Å²) < 4.78 is 0.0856. The van der Waals surface area contributed by atoms with Gasteiger partial charge in [-0.25, -0.2) is 4.79 Å². The molecule has 0 N–H and O–H groups in total. The first-order valence-electron chi connectivity index (χ1n) is 2.79. The van der Waals surface area contributed by atoms with E-state index in [4.69, 9.17) is 0 Å². The largest absolute Gasteiger partial charge is 0.616 e. The van der Waals surface area contributed by atoms with Crippen LogP contribution in [-0.4, -0.2) is 22.1 Å². The van der Waals surface area contributed by atoms with Crippen molar-refractivity contribution in [3.63, 3.8) is 0 Å². The fraction of sp³-hybridized carbons (Fsp3) is 0.500. The highest BCUT2D eigenvalue weighted by atomic mass is 16.5. The lowest BCUT2D eigenvalue weighted by molar-refractivity contribution is -0.379. The molecule has 0 aliphatic carbocycles. The van der Waals surface area contributed by atoms with Crippen molar-refractivity contribution in [3.05, 3.63) is 5.21 Å². The van der Waals surface area contributed by atoms with Crippen LogP contribution in [0.3, 0.4) is 0 Å². The molecule has 0 aliphatic rings. The van der Waals surface area contributed by atoms with Gasteiger partial charge in [0.1, 0.15) is 0 Å². The molecule has 0 saturated carbocycles. The summed E-state index contributed by atoms with van der Waals surface area (Å²) in [5.41, 5.74) is -0.0764. The molecule has 0 bridgehead atoms. The van der Waals surface area contributed by atoms with E-state index in [0.717, 1.165) is 6.92 Å². The van der Waals surface area contributed by atoms with E-state index in [9.17, 15) is 14.8 Å². The van der Waals surface area contributed by atoms with Crippen molar-refractivity contribution < 1.29 is 14.3 Å². The number of amides is 1. The highest BCUT2D eigenvalue weighted by Gasteiger charge is 2.11. The number of nitrogens with zero attached hydrogens (tertiary/aromatic N) is 1. The number of ketones is 1. The monoisotopic (exact) mass is 143 g/mol. The van der Waals surface area contributed by atoms with Crippen LogP contribution in [-0.2, 0) is 9.59 Å². The topological polar surface area (TPSA) is 60.2 Å². The van der Waals surface area contributed by atoms with Crippen LogP contribution < -0.4 is 0 Å². The molecule has 0 aliphatic heterocycles. The molecular formula is C6H9NO3. The molecule has 0 aromatic carbocycles. The maximum atomic E-state index is 10.6. The van der Waals surface area contributed by atoms with E-state index in [1.54, 1.807) is 0 Å². The van der Waals surface area contributed by atoms with Crippen molar-refractivity contribution in [3.8, 4) is 0 Å². The summed E-state index contributed by atoms with van der Waals surface area (Å²) in [4.78, 5) is 20.8. The number of rotatable bonds is 1. The van der Waals surface area contributed by atoms with Crippen LogP contribution >= 0.6 is 0 Å². The SMILES string of the molecule is CC(=O)/C(C)=[N+](\[O-])C(C)=O. The zero-order chi connectivity index (χ0) is 8.31. The maximum Gasteiger partial charge on any atom is 0.395 e. The van der Waals surface area contributed by atoms with Crippen LogP contribution in [0.5, 0.6) is 0 Å². The zero-order valence-electron chi connectivity index (χ0n) is 6.17. The van der Waals surface area contributed by atoms with Crippen molar-refractivity contribution in [2.75, 3.05) is 0 Å².